The Morgan fingerprint density at radius 1 is 1.00 bits per heavy atom. The topological polar surface area (TPSA) is 42.5 Å². The zero-order chi connectivity index (χ0) is 10.1. The van der Waals surface area contributed by atoms with E-state index in [9.17, 15) is 0 Å². The molecule has 2 N–H and O–H groups in total. The van der Waals surface area contributed by atoms with E-state index >= 15 is 0 Å². The molecule has 0 bridgehead atoms. The van der Waals surface area contributed by atoms with Gasteiger partial charge in [0, 0.05) is 0 Å². The molecule has 0 aliphatic carbocycles. The summed E-state index contributed by atoms with van der Waals surface area (Å²) in [5, 5.41) is 6.05. The molecule has 0 radical (unpaired) electrons. The van der Waals surface area contributed by atoms with Gasteiger partial charge in [-0.25, -0.2) is 0 Å². The van der Waals surface area contributed by atoms with Crippen molar-refractivity contribution in [1.82, 2.24) is 10.6 Å². The summed E-state index contributed by atoms with van der Waals surface area (Å²) in [4.78, 5) is 0. The molecule has 0 aliphatic heterocycles. The molecule has 0 aromatic rings. The quantitative estimate of drug-likeness (QED) is 0.592. The van der Waals surface area contributed by atoms with Crippen molar-refractivity contribution in [2.75, 3.05) is 27.2 Å². The summed E-state index contributed by atoms with van der Waals surface area (Å²) in [6.45, 7) is 5.64. The van der Waals surface area contributed by atoms with Crippen molar-refractivity contribution in [3.8, 4) is 0 Å². The van der Waals surface area contributed by atoms with Crippen LogP contribution in [0.1, 0.15) is 13.8 Å². The number of hydrogen-bond acceptors (Lipinski definition) is 4. The minimum atomic E-state index is 0.159. The van der Waals surface area contributed by atoms with Crippen LogP contribution in [0.15, 0.2) is 0 Å². The second-order valence-electron chi connectivity index (χ2n) is 2.93. The Morgan fingerprint density at radius 3 is 1.69 bits per heavy atom. The zero-order valence-corrected chi connectivity index (χ0v) is 9.63. The predicted octanol–water partition coefficient (Wildman–Crippen LogP) is 0.148. The van der Waals surface area contributed by atoms with E-state index < -0.39 is 0 Å². The summed E-state index contributed by atoms with van der Waals surface area (Å²) in [6, 6.07) is 0. The normalized spacial score (nSPS) is 16.0. The third-order valence-electron chi connectivity index (χ3n) is 1.28. The van der Waals surface area contributed by atoms with Crippen molar-refractivity contribution in [2.45, 2.75) is 26.1 Å². The van der Waals surface area contributed by atoms with E-state index in [4.69, 9.17) is 7.64 Å². The molecule has 0 aliphatic rings. The van der Waals surface area contributed by atoms with Crippen molar-refractivity contribution in [3.63, 3.8) is 0 Å². The Bertz CT molecular complexity index is 104. The molecule has 2 atom stereocenters. The first-order valence-corrected chi connectivity index (χ1v) is 5.16. The van der Waals surface area contributed by atoms with Gasteiger partial charge in [-0.3, -0.25) is 0 Å². The summed E-state index contributed by atoms with van der Waals surface area (Å²) in [5.41, 5.74) is 0. The molecule has 0 saturated heterocycles. The van der Waals surface area contributed by atoms with Crippen LogP contribution < -0.4 is 10.6 Å². The third-order valence-corrected chi connectivity index (χ3v) is 2.22. The van der Waals surface area contributed by atoms with Gasteiger partial charge in [0.15, 0.2) is 0 Å². The molecular weight excluding hydrogens is 220 g/mol. The Labute approximate surface area is 87.6 Å². The standard InChI is InChI=1S/2C4H10NO.Cu/c2*1-4(6)3-5-2;/h2*4-5H,3H2,1-2H3;/q2*-1;+2. The predicted molar refractivity (Wildman–Crippen MR) is 48.9 cm³/mol. The van der Waals surface area contributed by atoms with Crippen LogP contribution in [0.4, 0.5) is 0 Å². The van der Waals surface area contributed by atoms with Crippen molar-refractivity contribution >= 4 is 0 Å². The number of hydrogen-bond donors (Lipinski definition) is 2. The molecule has 0 aromatic heterocycles. The molecule has 0 aromatic carbocycles. The van der Waals surface area contributed by atoms with Crippen LogP contribution in [0, 0.1) is 0 Å². The fourth-order valence-corrected chi connectivity index (χ4v) is 1.26. The molecule has 0 rings (SSSR count). The average Bonchev–Trinajstić information content (AvgIpc) is 2.05. The first-order chi connectivity index (χ1) is 6.20. The molecule has 5 heteroatoms. The minimum absolute atomic E-state index is 0.159. The van der Waals surface area contributed by atoms with Crippen molar-refractivity contribution in [2.24, 2.45) is 0 Å². The van der Waals surface area contributed by atoms with E-state index in [1.807, 2.05) is 27.9 Å². The van der Waals surface area contributed by atoms with Crippen LogP contribution in [-0.2, 0) is 23.3 Å². The van der Waals surface area contributed by atoms with E-state index in [0.29, 0.717) is 0 Å². The van der Waals surface area contributed by atoms with Crippen molar-refractivity contribution in [3.05, 3.63) is 0 Å². The number of nitrogens with one attached hydrogen (secondary N) is 2. The van der Waals surface area contributed by atoms with Gasteiger partial charge in [-0.2, -0.15) is 0 Å². The summed E-state index contributed by atoms with van der Waals surface area (Å²) in [7, 11) is 3.79. The maximum atomic E-state index is 5.29. The van der Waals surface area contributed by atoms with Gasteiger partial charge in [-0.05, 0) is 0 Å². The van der Waals surface area contributed by atoms with Crippen LogP contribution in [0.5, 0.6) is 0 Å². The van der Waals surface area contributed by atoms with Gasteiger partial charge in [0.1, 0.15) is 0 Å². The van der Waals surface area contributed by atoms with Gasteiger partial charge in [0.2, 0.25) is 0 Å². The summed E-state index contributed by atoms with van der Waals surface area (Å²) in [5.74, 6) is 0. The fraction of sp³-hybridized carbons (Fsp3) is 1.00. The van der Waals surface area contributed by atoms with Gasteiger partial charge in [-0.1, -0.05) is 0 Å². The Hall–Kier alpha value is 0.359. The molecule has 4 nitrogen and oxygen atoms in total. The van der Waals surface area contributed by atoms with Crippen LogP contribution >= 0.6 is 0 Å². The third kappa shape index (κ3) is 8.68. The first kappa shape index (κ1) is 13.4. The van der Waals surface area contributed by atoms with Gasteiger partial charge in [0.25, 0.3) is 0 Å². The van der Waals surface area contributed by atoms with E-state index in [2.05, 4.69) is 10.6 Å². The molecule has 13 heavy (non-hydrogen) atoms. The maximum absolute atomic E-state index is 5.29. The molecule has 85 valence electrons. The Morgan fingerprint density at radius 2 is 1.38 bits per heavy atom. The SMILES string of the molecule is CNCC(C)[O][Cu][O]C(C)CNC. The summed E-state index contributed by atoms with van der Waals surface area (Å²) in [6.07, 6.45) is 0.318. The molecule has 0 saturated carbocycles. The van der Waals surface area contributed by atoms with Gasteiger partial charge in [-0.15, -0.1) is 0 Å². The summed E-state index contributed by atoms with van der Waals surface area (Å²) >= 11 is 1.16. The molecule has 0 spiro atoms. The van der Waals surface area contributed by atoms with Crippen LogP contribution in [0.3, 0.4) is 0 Å². The van der Waals surface area contributed by atoms with Gasteiger partial charge < -0.3 is 0 Å². The Balaban J connectivity index is 3.23. The van der Waals surface area contributed by atoms with E-state index in [1.165, 1.54) is 0 Å². The average molecular weight is 240 g/mol. The second kappa shape index (κ2) is 8.94. The van der Waals surface area contributed by atoms with Crippen LogP contribution in [-0.4, -0.2) is 39.4 Å². The van der Waals surface area contributed by atoms with Crippen molar-refractivity contribution < 1.29 is 23.3 Å². The van der Waals surface area contributed by atoms with E-state index in [-0.39, 0.29) is 12.2 Å². The van der Waals surface area contributed by atoms with Crippen molar-refractivity contribution in [1.29, 1.82) is 0 Å². The second-order valence-corrected chi connectivity index (χ2v) is 3.53. The van der Waals surface area contributed by atoms with Crippen LogP contribution in [0.25, 0.3) is 0 Å². The molecule has 2 unspecified atom stereocenters. The van der Waals surface area contributed by atoms with Gasteiger partial charge in [0.05, 0.1) is 0 Å². The van der Waals surface area contributed by atoms with E-state index in [1.54, 1.807) is 0 Å². The number of rotatable bonds is 8. The molecular formula is C8H20CuN2O2. The molecule has 0 heterocycles. The fourth-order valence-electron chi connectivity index (χ4n) is 0.741. The monoisotopic (exact) mass is 239 g/mol. The summed E-state index contributed by atoms with van der Waals surface area (Å²) < 4.78 is 10.6. The zero-order valence-electron chi connectivity index (χ0n) is 8.69. The van der Waals surface area contributed by atoms with Gasteiger partial charge >= 0.3 is 87.1 Å². The Kier molecular flexibility index (Phi) is 9.18. The molecule has 0 fully saturated rings. The molecule has 0 amide bonds. The first-order valence-electron chi connectivity index (χ1n) is 4.40. The van der Waals surface area contributed by atoms with Crippen LogP contribution in [0.2, 0.25) is 0 Å². The van der Waals surface area contributed by atoms with E-state index in [0.717, 1.165) is 28.7 Å². The number of likely N-dealkylation sites (N-methyl/N-ethyl adjacent to an activating group) is 2.